The zero-order valence-electron chi connectivity index (χ0n) is 16.0. The molecule has 1 aliphatic rings. The number of ether oxygens (including phenoxy) is 1. The summed E-state index contributed by atoms with van der Waals surface area (Å²) < 4.78 is 6.89. The summed E-state index contributed by atoms with van der Waals surface area (Å²) in [4.78, 5) is 15.1. The average molecular weight is 396 g/mol. The standard InChI is InChI=1S/C23H25NO3S/c1-2-27-19-9-7-16(8-10-19)22(24-13-11-17(12-14-24)23(25)26)21-15-18-5-3-4-6-20(18)28-21/h3-10,15,17,22H,2,11-14H2,1H3,(H,25,26). The number of carboxylic acid groups (broad SMARTS) is 1. The molecule has 0 radical (unpaired) electrons. The summed E-state index contributed by atoms with van der Waals surface area (Å²) in [5.41, 5.74) is 1.23. The molecule has 1 atom stereocenters. The van der Waals surface area contributed by atoms with Crippen LogP contribution in [0.3, 0.4) is 0 Å². The molecule has 1 aliphatic heterocycles. The Balaban J connectivity index is 1.67. The van der Waals surface area contributed by atoms with Gasteiger partial charge in [0, 0.05) is 9.58 Å². The number of thiophene rings is 1. The molecule has 0 saturated carbocycles. The summed E-state index contributed by atoms with van der Waals surface area (Å²) in [6, 6.07) is 19.2. The maximum absolute atomic E-state index is 11.4. The van der Waals surface area contributed by atoms with Crippen LogP contribution in [-0.4, -0.2) is 35.7 Å². The number of piperidine rings is 1. The highest BCUT2D eigenvalue weighted by Gasteiger charge is 2.31. The zero-order valence-corrected chi connectivity index (χ0v) is 16.8. The minimum absolute atomic E-state index is 0.142. The molecule has 1 fully saturated rings. The van der Waals surface area contributed by atoms with Crippen molar-refractivity contribution in [3.8, 4) is 5.75 Å². The molecule has 1 saturated heterocycles. The Morgan fingerprint density at radius 1 is 1.18 bits per heavy atom. The van der Waals surface area contributed by atoms with Crippen LogP contribution in [0.5, 0.6) is 5.75 Å². The Bertz CT molecular complexity index is 909. The van der Waals surface area contributed by atoms with Crippen molar-refractivity contribution in [1.82, 2.24) is 4.90 Å². The second-order valence-electron chi connectivity index (χ2n) is 7.24. The molecule has 0 spiro atoms. The number of hydrogen-bond donors (Lipinski definition) is 1. The van der Waals surface area contributed by atoms with Gasteiger partial charge >= 0.3 is 5.97 Å². The van der Waals surface area contributed by atoms with E-state index < -0.39 is 5.97 Å². The smallest absolute Gasteiger partial charge is 0.306 e. The zero-order chi connectivity index (χ0) is 19.5. The van der Waals surface area contributed by atoms with Gasteiger partial charge in [-0.1, -0.05) is 30.3 Å². The minimum Gasteiger partial charge on any atom is -0.494 e. The van der Waals surface area contributed by atoms with Gasteiger partial charge in [-0.15, -0.1) is 11.3 Å². The third kappa shape index (κ3) is 3.91. The molecule has 2 aromatic carbocycles. The fourth-order valence-corrected chi connectivity index (χ4v) is 5.24. The van der Waals surface area contributed by atoms with Crippen LogP contribution in [-0.2, 0) is 4.79 Å². The van der Waals surface area contributed by atoms with E-state index in [9.17, 15) is 9.90 Å². The number of nitrogens with zero attached hydrogens (tertiary/aromatic N) is 1. The average Bonchev–Trinajstić information content (AvgIpc) is 3.13. The quantitative estimate of drug-likeness (QED) is 0.624. The highest BCUT2D eigenvalue weighted by atomic mass is 32.1. The van der Waals surface area contributed by atoms with E-state index in [-0.39, 0.29) is 12.0 Å². The van der Waals surface area contributed by atoms with Crippen LogP contribution < -0.4 is 4.74 Å². The Morgan fingerprint density at radius 2 is 1.89 bits per heavy atom. The van der Waals surface area contributed by atoms with Gasteiger partial charge in [0.15, 0.2) is 0 Å². The summed E-state index contributed by atoms with van der Waals surface area (Å²) in [5.74, 6) is -0.00954. The highest BCUT2D eigenvalue weighted by molar-refractivity contribution is 7.19. The van der Waals surface area contributed by atoms with Crippen LogP contribution >= 0.6 is 11.3 Å². The maximum Gasteiger partial charge on any atom is 0.306 e. The predicted octanol–water partition coefficient (Wildman–Crippen LogP) is 5.19. The van der Waals surface area contributed by atoms with Crippen molar-refractivity contribution in [2.45, 2.75) is 25.8 Å². The van der Waals surface area contributed by atoms with Crippen molar-refractivity contribution in [3.05, 3.63) is 65.0 Å². The number of carbonyl (C=O) groups is 1. The summed E-state index contributed by atoms with van der Waals surface area (Å²) >= 11 is 1.83. The number of benzene rings is 2. The van der Waals surface area contributed by atoms with E-state index in [2.05, 4.69) is 47.4 Å². The van der Waals surface area contributed by atoms with Gasteiger partial charge in [-0.05, 0) is 68.1 Å². The molecule has 5 heteroatoms. The first-order valence-corrected chi connectivity index (χ1v) is 10.7. The van der Waals surface area contributed by atoms with Crippen LogP contribution in [0.15, 0.2) is 54.6 Å². The summed E-state index contributed by atoms with van der Waals surface area (Å²) in [7, 11) is 0. The second kappa shape index (κ2) is 8.33. The first kappa shape index (κ1) is 19.0. The maximum atomic E-state index is 11.4. The Labute approximate surface area is 169 Å². The third-order valence-corrected chi connectivity index (χ3v) is 6.63. The third-order valence-electron chi connectivity index (χ3n) is 5.46. The lowest BCUT2D eigenvalue weighted by Crippen LogP contribution is -2.39. The topological polar surface area (TPSA) is 49.8 Å². The van der Waals surface area contributed by atoms with Crippen molar-refractivity contribution >= 4 is 27.4 Å². The van der Waals surface area contributed by atoms with Gasteiger partial charge in [-0.3, -0.25) is 9.69 Å². The van der Waals surface area contributed by atoms with Crippen LogP contribution in [0, 0.1) is 5.92 Å². The molecular weight excluding hydrogens is 370 g/mol. The molecule has 146 valence electrons. The minimum atomic E-state index is -0.667. The molecule has 28 heavy (non-hydrogen) atoms. The van der Waals surface area contributed by atoms with Gasteiger partial charge < -0.3 is 9.84 Å². The van der Waals surface area contributed by atoms with Gasteiger partial charge in [0.25, 0.3) is 0 Å². The lowest BCUT2D eigenvalue weighted by molar-refractivity contribution is -0.143. The Kier molecular flexibility index (Phi) is 5.64. The molecule has 4 rings (SSSR count). The van der Waals surface area contributed by atoms with Crippen molar-refractivity contribution in [2.75, 3.05) is 19.7 Å². The van der Waals surface area contributed by atoms with Crippen molar-refractivity contribution in [3.63, 3.8) is 0 Å². The first-order chi connectivity index (χ1) is 13.7. The monoisotopic (exact) mass is 395 g/mol. The van der Waals surface area contributed by atoms with Gasteiger partial charge in [-0.25, -0.2) is 0 Å². The number of rotatable bonds is 6. The predicted molar refractivity (Wildman–Crippen MR) is 113 cm³/mol. The number of fused-ring (bicyclic) bond motifs is 1. The molecule has 0 amide bonds. The van der Waals surface area contributed by atoms with E-state index >= 15 is 0 Å². The largest absolute Gasteiger partial charge is 0.494 e. The summed E-state index contributed by atoms with van der Waals surface area (Å²) in [6.07, 6.45) is 1.40. The fraction of sp³-hybridized carbons (Fsp3) is 0.348. The molecule has 4 nitrogen and oxygen atoms in total. The van der Waals surface area contributed by atoms with Crippen molar-refractivity contribution in [2.24, 2.45) is 5.92 Å². The molecular formula is C23H25NO3S. The molecule has 1 aromatic heterocycles. The van der Waals surface area contributed by atoms with Crippen molar-refractivity contribution < 1.29 is 14.6 Å². The normalized spacial score (nSPS) is 16.9. The van der Waals surface area contributed by atoms with Crippen LogP contribution in [0.1, 0.15) is 36.2 Å². The molecule has 1 N–H and O–H groups in total. The number of aliphatic carboxylic acids is 1. The van der Waals surface area contributed by atoms with Gasteiger partial charge in [0.2, 0.25) is 0 Å². The number of likely N-dealkylation sites (tertiary alicyclic amines) is 1. The van der Waals surface area contributed by atoms with E-state index in [1.54, 1.807) is 0 Å². The Hall–Kier alpha value is -2.37. The van der Waals surface area contributed by atoms with Crippen LogP contribution in [0.4, 0.5) is 0 Å². The molecule has 2 heterocycles. The highest BCUT2D eigenvalue weighted by Crippen LogP contribution is 2.39. The van der Waals surface area contributed by atoms with E-state index in [0.29, 0.717) is 19.4 Å². The lowest BCUT2D eigenvalue weighted by atomic mass is 9.93. The molecule has 0 bridgehead atoms. The molecule has 0 aliphatic carbocycles. The lowest BCUT2D eigenvalue weighted by Gasteiger charge is -2.36. The van der Waals surface area contributed by atoms with E-state index in [1.165, 1.54) is 20.5 Å². The SMILES string of the molecule is CCOc1ccc(C(c2cc3ccccc3s2)N2CCC(C(=O)O)CC2)cc1. The fourth-order valence-electron chi connectivity index (χ4n) is 4.01. The second-order valence-corrected chi connectivity index (χ2v) is 8.36. The summed E-state index contributed by atoms with van der Waals surface area (Å²) in [5, 5.41) is 10.6. The first-order valence-electron chi connectivity index (χ1n) is 9.84. The van der Waals surface area contributed by atoms with Gasteiger partial charge in [0.1, 0.15) is 5.75 Å². The summed E-state index contributed by atoms with van der Waals surface area (Å²) in [6.45, 7) is 4.23. The van der Waals surface area contributed by atoms with Crippen molar-refractivity contribution in [1.29, 1.82) is 0 Å². The van der Waals surface area contributed by atoms with E-state index in [4.69, 9.17) is 4.74 Å². The van der Waals surface area contributed by atoms with Crippen LogP contribution in [0.2, 0.25) is 0 Å². The van der Waals surface area contributed by atoms with Gasteiger partial charge in [-0.2, -0.15) is 0 Å². The Morgan fingerprint density at radius 3 is 2.54 bits per heavy atom. The van der Waals surface area contributed by atoms with Crippen LogP contribution in [0.25, 0.3) is 10.1 Å². The van der Waals surface area contributed by atoms with E-state index in [1.807, 2.05) is 30.4 Å². The van der Waals surface area contributed by atoms with E-state index in [0.717, 1.165) is 18.8 Å². The number of carboxylic acids is 1. The molecule has 1 unspecified atom stereocenters. The van der Waals surface area contributed by atoms with Gasteiger partial charge in [0.05, 0.1) is 18.6 Å². The molecule has 3 aromatic rings. The number of hydrogen-bond acceptors (Lipinski definition) is 4.